The average molecular weight is 341 g/mol. The molecule has 0 spiro atoms. The molecule has 2 aromatic carbocycles. The molecule has 122 valence electrons. The first-order valence-electron chi connectivity index (χ1n) is 7.57. The lowest BCUT2D eigenvalue weighted by Crippen LogP contribution is -2.19. The maximum Gasteiger partial charge on any atom is 0.250 e. The van der Waals surface area contributed by atoms with Gasteiger partial charge in [0, 0.05) is 17.4 Å². The minimum Gasteiger partial charge on any atom is -0.367 e. The number of anilines is 1. The molecule has 1 amide bonds. The summed E-state index contributed by atoms with van der Waals surface area (Å²) in [5.74, 6) is -0.207. The van der Waals surface area contributed by atoms with Gasteiger partial charge >= 0.3 is 0 Å². The van der Waals surface area contributed by atoms with Crippen LogP contribution in [0.5, 0.6) is 0 Å². The number of nitrogens with zero attached hydrogens (tertiary/aromatic N) is 1. The SMILES string of the molecule is O=C(COCc1ccccc1)Nc1ccc(Cl)cc1-n1cccc1. The van der Waals surface area contributed by atoms with Crippen molar-refractivity contribution in [3.05, 3.63) is 83.6 Å². The molecule has 0 atom stereocenters. The molecule has 3 aromatic rings. The van der Waals surface area contributed by atoms with E-state index in [0.29, 0.717) is 17.3 Å². The van der Waals surface area contributed by atoms with Crippen LogP contribution in [-0.2, 0) is 16.1 Å². The second kappa shape index (κ2) is 7.81. The Morgan fingerprint density at radius 2 is 1.79 bits per heavy atom. The van der Waals surface area contributed by atoms with Gasteiger partial charge in [-0.15, -0.1) is 0 Å². The number of carbonyl (C=O) groups is 1. The van der Waals surface area contributed by atoms with Crippen LogP contribution in [0.2, 0.25) is 5.02 Å². The standard InChI is InChI=1S/C19H17ClN2O2/c20-16-8-9-17(18(12-16)22-10-4-5-11-22)21-19(23)14-24-13-15-6-2-1-3-7-15/h1-12H,13-14H2,(H,21,23). The summed E-state index contributed by atoms with van der Waals surface area (Å²) >= 11 is 6.07. The highest BCUT2D eigenvalue weighted by Gasteiger charge is 2.09. The monoisotopic (exact) mass is 340 g/mol. The molecule has 0 bridgehead atoms. The van der Waals surface area contributed by atoms with Crippen LogP contribution in [0, 0.1) is 0 Å². The van der Waals surface area contributed by atoms with Gasteiger partial charge in [0.05, 0.1) is 18.0 Å². The van der Waals surface area contributed by atoms with Gasteiger partial charge in [0.2, 0.25) is 5.91 Å². The third-order valence-electron chi connectivity index (χ3n) is 3.46. The summed E-state index contributed by atoms with van der Waals surface area (Å²) in [6.45, 7) is 0.391. The van der Waals surface area contributed by atoms with Crippen LogP contribution in [0.3, 0.4) is 0 Å². The van der Waals surface area contributed by atoms with Crippen molar-refractivity contribution in [3.8, 4) is 5.69 Å². The lowest BCUT2D eigenvalue weighted by Gasteiger charge is -2.13. The first kappa shape index (κ1) is 16.3. The van der Waals surface area contributed by atoms with Gasteiger partial charge in [-0.2, -0.15) is 0 Å². The van der Waals surface area contributed by atoms with Gasteiger partial charge in [0.25, 0.3) is 0 Å². The van der Waals surface area contributed by atoms with Crippen LogP contribution in [-0.4, -0.2) is 17.1 Å². The molecule has 0 aliphatic heterocycles. The Labute approximate surface area is 145 Å². The van der Waals surface area contributed by atoms with Gasteiger partial charge in [-0.3, -0.25) is 4.79 Å². The Morgan fingerprint density at radius 1 is 1.04 bits per heavy atom. The Balaban J connectivity index is 1.62. The van der Waals surface area contributed by atoms with Gasteiger partial charge in [-0.05, 0) is 35.9 Å². The molecule has 0 saturated heterocycles. The number of rotatable bonds is 6. The zero-order chi connectivity index (χ0) is 16.8. The largest absolute Gasteiger partial charge is 0.367 e. The van der Waals surface area contributed by atoms with Crippen LogP contribution in [0.25, 0.3) is 5.69 Å². The molecular weight excluding hydrogens is 324 g/mol. The molecule has 1 heterocycles. The molecule has 24 heavy (non-hydrogen) atoms. The van der Waals surface area contributed by atoms with Crippen LogP contribution in [0.1, 0.15) is 5.56 Å². The quantitative estimate of drug-likeness (QED) is 0.727. The van der Waals surface area contributed by atoms with Crippen LogP contribution < -0.4 is 5.32 Å². The Kier molecular flexibility index (Phi) is 5.31. The summed E-state index contributed by atoms with van der Waals surface area (Å²) < 4.78 is 7.36. The van der Waals surface area contributed by atoms with Gasteiger partial charge < -0.3 is 14.6 Å². The number of amides is 1. The summed E-state index contributed by atoms with van der Waals surface area (Å²) in [6.07, 6.45) is 3.79. The number of hydrogen-bond acceptors (Lipinski definition) is 2. The van der Waals surface area contributed by atoms with Crippen molar-refractivity contribution in [1.29, 1.82) is 0 Å². The number of hydrogen-bond donors (Lipinski definition) is 1. The number of carbonyl (C=O) groups excluding carboxylic acids is 1. The third-order valence-corrected chi connectivity index (χ3v) is 3.70. The molecule has 4 nitrogen and oxygen atoms in total. The zero-order valence-electron chi connectivity index (χ0n) is 13.0. The normalized spacial score (nSPS) is 10.5. The summed E-state index contributed by atoms with van der Waals surface area (Å²) in [6, 6.07) is 18.9. The van der Waals surface area contributed by atoms with Crippen molar-refractivity contribution < 1.29 is 9.53 Å². The van der Waals surface area contributed by atoms with Crippen molar-refractivity contribution in [2.75, 3.05) is 11.9 Å². The Bertz CT molecular complexity index is 801. The van der Waals surface area contributed by atoms with E-state index in [4.69, 9.17) is 16.3 Å². The van der Waals surface area contributed by atoms with E-state index in [9.17, 15) is 4.79 Å². The van der Waals surface area contributed by atoms with E-state index in [-0.39, 0.29) is 12.5 Å². The Morgan fingerprint density at radius 3 is 2.54 bits per heavy atom. The van der Waals surface area contributed by atoms with Gasteiger partial charge in [0.1, 0.15) is 6.61 Å². The predicted octanol–water partition coefficient (Wildman–Crippen LogP) is 4.29. The number of benzene rings is 2. The van der Waals surface area contributed by atoms with E-state index < -0.39 is 0 Å². The van der Waals surface area contributed by atoms with Gasteiger partial charge in [-0.1, -0.05) is 41.9 Å². The fraction of sp³-hybridized carbons (Fsp3) is 0.105. The van der Waals surface area contributed by atoms with Crippen LogP contribution in [0.15, 0.2) is 73.1 Å². The lowest BCUT2D eigenvalue weighted by atomic mass is 10.2. The molecule has 5 heteroatoms. The van der Waals surface area contributed by atoms with Crippen molar-refractivity contribution in [2.45, 2.75) is 6.61 Å². The average Bonchev–Trinajstić information content (AvgIpc) is 3.12. The number of aromatic nitrogens is 1. The molecule has 0 saturated carbocycles. The van der Waals surface area contributed by atoms with Crippen molar-refractivity contribution >= 4 is 23.2 Å². The van der Waals surface area contributed by atoms with E-state index in [1.165, 1.54) is 0 Å². The lowest BCUT2D eigenvalue weighted by molar-refractivity contribution is -0.121. The number of nitrogens with one attached hydrogen (secondary N) is 1. The minimum absolute atomic E-state index is 0.0113. The van der Waals surface area contributed by atoms with Crippen molar-refractivity contribution in [1.82, 2.24) is 4.57 Å². The third kappa shape index (κ3) is 4.25. The minimum atomic E-state index is -0.207. The first-order valence-corrected chi connectivity index (χ1v) is 7.94. The molecular formula is C19H17ClN2O2. The van der Waals surface area contributed by atoms with E-state index in [2.05, 4.69) is 5.32 Å². The summed E-state index contributed by atoms with van der Waals surface area (Å²) in [5, 5.41) is 3.48. The fourth-order valence-electron chi connectivity index (χ4n) is 2.34. The van der Waals surface area contributed by atoms with Gasteiger partial charge in [0.15, 0.2) is 0 Å². The zero-order valence-corrected chi connectivity index (χ0v) is 13.7. The molecule has 0 aliphatic carbocycles. The summed E-state index contributed by atoms with van der Waals surface area (Å²) in [5.41, 5.74) is 2.53. The number of halogens is 1. The van der Waals surface area contributed by atoms with E-state index in [1.54, 1.807) is 12.1 Å². The van der Waals surface area contributed by atoms with E-state index >= 15 is 0 Å². The summed E-state index contributed by atoms with van der Waals surface area (Å²) in [7, 11) is 0. The molecule has 3 rings (SSSR count). The first-order chi connectivity index (χ1) is 11.7. The maximum atomic E-state index is 12.1. The fourth-order valence-corrected chi connectivity index (χ4v) is 2.51. The molecule has 0 aliphatic rings. The second-order valence-corrected chi connectivity index (χ2v) is 5.71. The molecule has 0 radical (unpaired) electrons. The molecule has 1 N–H and O–H groups in total. The topological polar surface area (TPSA) is 43.3 Å². The van der Waals surface area contributed by atoms with Crippen molar-refractivity contribution in [3.63, 3.8) is 0 Å². The Hall–Kier alpha value is -2.56. The summed E-state index contributed by atoms with van der Waals surface area (Å²) in [4.78, 5) is 12.1. The van der Waals surface area contributed by atoms with E-state index in [0.717, 1.165) is 11.3 Å². The number of ether oxygens (including phenoxy) is 1. The maximum absolute atomic E-state index is 12.1. The smallest absolute Gasteiger partial charge is 0.250 e. The molecule has 0 fully saturated rings. The second-order valence-electron chi connectivity index (χ2n) is 5.28. The van der Waals surface area contributed by atoms with Gasteiger partial charge in [-0.25, -0.2) is 0 Å². The predicted molar refractivity (Wildman–Crippen MR) is 95.5 cm³/mol. The van der Waals surface area contributed by atoms with Crippen LogP contribution >= 0.6 is 11.6 Å². The van der Waals surface area contributed by atoms with E-state index in [1.807, 2.05) is 65.5 Å². The highest BCUT2D eigenvalue weighted by Crippen LogP contribution is 2.24. The highest BCUT2D eigenvalue weighted by molar-refractivity contribution is 6.30. The van der Waals surface area contributed by atoms with Crippen molar-refractivity contribution in [2.24, 2.45) is 0 Å². The highest BCUT2D eigenvalue weighted by atomic mass is 35.5. The molecule has 0 unspecified atom stereocenters. The van der Waals surface area contributed by atoms with Crippen LogP contribution in [0.4, 0.5) is 5.69 Å². The molecule has 1 aromatic heterocycles.